The van der Waals surface area contributed by atoms with Crippen molar-refractivity contribution in [3.8, 4) is 11.5 Å². The summed E-state index contributed by atoms with van der Waals surface area (Å²) in [6.45, 7) is 0.610. The van der Waals surface area contributed by atoms with Gasteiger partial charge in [-0.2, -0.15) is 0 Å². The van der Waals surface area contributed by atoms with Crippen molar-refractivity contribution >= 4 is 5.97 Å². The van der Waals surface area contributed by atoms with E-state index in [9.17, 15) is 9.18 Å². The van der Waals surface area contributed by atoms with Crippen LogP contribution in [-0.4, -0.2) is 24.7 Å². The first kappa shape index (κ1) is 16.8. The van der Waals surface area contributed by atoms with Crippen LogP contribution in [0.15, 0.2) is 42.5 Å². The molecule has 0 fully saturated rings. The van der Waals surface area contributed by atoms with E-state index >= 15 is 0 Å². The van der Waals surface area contributed by atoms with Crippen molar-refractivity contribution in [1.82, 2.24) is 5.32 Å². The zero-order chi connectivity index (χ0) is 16.7. The highest BCUT2D eigenvalue weighted by Gasteiger charge is 2.07. The molecule has 2 aromatic rings. The molecule has 0 saturated carbocycles. The highest BCUT2D eigenvalue weighted by atomic mass is 19.1. The van der Waals surface area contributed by atoms with Crippen LogP contribution in [0, 0.1) is 5.82 Å². The zero-order valence-corrected chi connectivity index (χ0v) is 12.7. The number of nitrogens with one attached hydrogen (secondary N) is 1. The van der Waals surface area contributed by atoms with Crippen LogP contribution < -0.4 is 14.8 Å². The SMILES string of the molecule is COc1cc(CNCC(=O)O)ccc1OCc1ccc(F)cc1. The van der Waals surface area contributed by atoms with Gasteiger partial charge < -0.3 is 19.9 Å². The lowest BCUT2D eigenvalue weighted by molar-refractivity contribution is -0.135. The van der Waals surface area contributed by atoms with Gasteiger partial charge in [-0.3, -0.25) is 4.79 Å². The third-order valence-corrected chi connectivity index (χ3v) is 3.14. The van der Waals surface area contributed by atoms with Crippen molar-refractivity contribution in [3.63, 3.8) is 0 Å². The standard InChI is InChI=1S/C17H18FNO4/c1-22-16-8-13(9-19-10-17(20)21)4-7-15(16)23-11-12-2-5-14(18)6-3-12/h2-8,19H,9-11H2,1H3,(H,20,21). The molecular formula is C17H18FNO4. The second-order valence-corrected chi connectivity index (χ2v) is 4.90. The van der Waals surface area contributed by atoms with Gasteiger partial charge in [-0.25, -0.2) is 4.39 Å². The van der Waals surface area contributed by atoms with E-state index < -0.39 is 5.97 Å². The number of rotatable bonds is 8. The Morgan fingerprint density at radius 2 is 1.83 bits per heavy atom. The van der Waals surface area contributed by atoms with Crippen molar-refractivity contribution in [2.75, 3.05) is 13.7 Å². The summed E-state index contributed by atoms with van der Waals surface area (Å²) >= 11 is 0. The summed E-state index contributed by atoms with van der Waals surface area (Å²) in [4.78, 5) is 10.5. The zero-order valence-electron chi connectivity index (χ0n) is 12.7. The molecule has 122 valence electrons. The van der Waals surface area contributed by atoms with Crippen molar-refractivity contribution in [3.05, 3.63) is 59.4 Å². The summed E-state index contributed by atoms with van der Waals surface area (Å²) in [6.07, 6.45) is 0. The fourth-order valence-electron chi connectivity index (χ4n) is 2.00. The summed E-state index contributed by atoms with van der Waals surface area (Å²) in [5, 5.41) is 11.4. The van der Waals surface area contributed by atoms with Gasteiger partial charge in [0.2, 0.25) is 0 Å². The van der Waals surface area contributed by atoms with Crippen LogP contribution in [0.3, 0.4) is 0 Å². The van der Waals surface area contributed by atoms with E-state index in [1.54, 1.807) is 24.3 Å². The number of methoxy groups -OCH3 is 1. The minimum Gasteiger partial charge on any atom is -0.493 e. The van der Waals surface area contributed by atoms with Crippen LogP contribution in [0.1, 0.15) is 11.1 Å². The number of carboxylic acids is 1. The maximum atomic E-state index is 12.9. The third-order valence-electron chi connectivity index (χ3n) is 3.14. The fourth-order valence-corrected chi connectivity index (χ4v) is 2.00. The highest BCUT2D eigenvalue weighted by molar-refractivity contribution is 5.69. The van der Waals surface area contributed by atoms with Gasteiger partial charge in [0.15, 0.2) is 11.5 Å². The van der Waals surface area contributed by atoms with E-state index in [2.05, 4.69) is 5.32 Å². The van der Waals surface area contributed by atoms with E-state index in [0.29, 0.717) is 24.7 Å². The molecule has 2 N–H and O–H groups in total. The molecule has 2 aromatic carbocycles. The quantitative estimate of drug-likeness (QED) is 0.783. The highest BCUT2D eigenvalue weighted by Crippen LogP contribution is 2.28. The van der Waals surface area contributed by atoms with Gasteiger partial charge in [-0.15, -0.1) is 0 Å². The molecule has 0 unspecified atom stereocenters. The maximum absolute atomic E-state index is 12.9. The van der Waals surface area contributed by atoms with Gasteiger partial charge in [0.05, 0.1) is 13.7 Å². The predicted octanol–water partition coefficient (Wildman–Crippen LogP) is 2.59. The molecule has 0 aliphatic rings. The molecule has 0 aromatic heterocycles. The molecule has 0 amide bonds. The molecule has 0 aliphatic heterocycles. The second-order valence-electron chi connectivity index (χ2n) is 4.90. The predicted molar refractivity (Wildman–Crippen MR) is 83.1 cm³/mol. The van der Waals surface area contributed by atoms with Crippen LogP contribution in [0.5, 0.6) is 11.5 Å². The topological polar surface area (TPSA) is 67.8 Å². The van der Waals surface area contributed by atoms with Crippen LogP contribution in [-0.2, 0) is 17.9 Å². The van der Waals surface area contributed by atoms with Gasteiger partial charge in [-0.05, 0) is 35.4 Å². The Balaban J connectivity index is 1.98. The van der Waals surface area contributed by atoms with Crippen molar-refractivity contribution in [1.29, 1.82) is 0 Å². The first-order chi connectivity index (χ1) is 11.1. The van der Waals surface area contributed by atoms with Gasteiger partial charge in [0, 0.05) is 6.54 Å². The van der Waals surface area contributed by atoms with E-state index in [4.69, 9.17) is 14.6 Å². The molecule has 0 atom stereocenters. The van der Waals surface area contributed by atoms with E-state index in [0.717, 1.165) is 11.1 Å². The van der Waals surface area contributed by atoms with E-state index in [1.165, 1.54) is 19.2 Å². The average molecular weight is 319 g/mol. The minimum atomic E-state index is -0.906. The van der Waals surface area contributed by atoms with Crippen LogP contribution in [0.2, 0.25) is 0 Å². The molecule has 0 heterocycles. The van der Waals surface area contributed by atoms with Crippen molar-refractivity contribution in [2.24, 2.45) is 0 Å². The fraction of sp³-hybridized carbons (Fsp3) is 0.235. The molecule has 0 spiro atoms. The molecule has 6 heteroatoms. The number of benzene rings is 2. The number of hydrogen-bond acceptors (Lipinski definition) is 4. The average Bonchev–Trinajstić information content (AvgIpc) is 2.54. The summed E-state index contributed by atoms with van der Waals surface area (Å²) in [5.41, 5.74) is 1.73. The summed E-state index contributed by atoms with van der Waals surface area (Å²) in [7, 11) is 1.54. The molecule has 0 radical (unpaired) electrons. The summed E-state index contributed by atoms with van der Waals surface area (Å²) in [5.74, 6) is -0.0682. The van der Waals surface area contributed by atoms with E-state index in [1.807, 2.05) is 6.07 Å². The minimum absolute atomic E-state index is 0.106. The Morgan fingerprint density at radius 3 is 2.48 bits per heavy atom. The molecular weight excluding hydrogens is 301 g/mol. The van der Waals surface area contributed by atoms with Crippen LogP contribution in [0.25, 0.3) is 0 Å². The van der Waals surface area contributed by atoms with Crippen molar-refractivity contribution < 1.29 is 23.8 Å². The summed E-state index contributed by atoms with van der Waals surface area (Å²) < 4.78 is 23.8. The Labute approximate surface area is 133 Å². The van der Waals surface area contributed by atoms with Crippen molar-refractivity contribution in [2.45, 2.75) is 13.2 Å². The van der Waals surface area contributed by atoms with Crippen LogP contribution >= 0.6 is 0 Å². The maximum Gasteiger partial charge on any atom is 0.317 e. The first-order valence-electron chi connectivity index (χ1n) is 7.05. The molecule has 0 saturated heterocycles. The Hall–Kier alpha value is -2.60. The molecule has 0 bridgehead atoms. The third kappa shape index (κ3) is 5.27. The lowest BCUT2D eigenvalue weighted by Crippen LogP contribution is -2.21. The largest absolute Gasteiger partial charge is 0.493 e. The number of ether oxygens (including phenoxy) is 2. The number of aliphatic carboxylic acids is 1. The normalized spacial score (nSPS) is 10.3. The number of carboxylic acid groups (broad SMARTS) is 1. The van der Waals surface area contributed by atoms with Gasteiger partial charge in [0.25, 0.3) is 0 Å². The Kier molecular flexibility index (Phi) is 5.94. The molecule has 23 heavy (non-hydrogen) atoms. The van der Waals surface area contributed by atoms with Gasteiger partial charge >= 0.3 is 5.97 Å². The molecule has 5 nitrogen and oxygen atoms in total. The molecule has 2 rings (SSSR count). The lowest BCUT2D eigenvalue weighted by atomic mass is 10.2. The molecule has 0 aliphatic carbocycles. The lowest BCUT2D eigenvalue weighted by Gasteiger charge is -2.12. The smallest absolute Gasteiger partial charge is 0.317 e. The second kappa shape index (κ2) is 8.14. The number of hydrogen-bond donors (Lipinski definition) is 2. The van der Waals surface area contributed by atoms with Gasteiger partial charge in [0.1, 0.15) is 12.4 Å². The number of carbonyl (C=O) groups is 1. The number of halogens is 1. The Bertz CT molecular complexity index is 658. The summed E-state index contributed by atoms with van der Waals surface area (Å²) in [6, 6.07) is 11.5. The monoisotopic (exact) mass is 319 g/mol. The van der Waals surface area contributed by atoms with Crippen LogP contribution in [0.4, 0.5) is 4.39 Å². The van der Waals surface area contributed by atoms with Gasteiger partial charge in [-0.1, -0.05) is 18.2 Å². The Morgan fingerprint density at radius 1 is 1.13 bits per heavy atom. The first-order valence-corrected chi connectivity index (χ1v) is 7.05. The van der Waals surface area contributed by atoms with E-state index in [-0.39, 0.29) is 12.4 Å².